The third-order valence-corrected chi connectivity index (χ3v) is 8.30. The van der Waals surface area contributed by atoms with E-state index in [0.29, 0.717) is 56.0 Å². The molecule has 3 amide bonds. The molecule has 53 heavy (non-hydrogen) atoms. The van der Waals surface area contributed by atoms with Crippen LogP contribution in [0.2, 0.25) is 0 Å². The molecule has 1 aliphatic heterocycles. The summed E-state index contributed by atoms with van der Waals surface area (Å²) in [6.45, 7) is 7.87. The normalized spacial score (nSPS) is 14.3. The topological polar surface area (TPSA) is 177 Å². The van der Waals surface area contributed by atoms with Crippen LogP contribution in [0, 0.1) is 0 Å². The van der Waals surface area contributed by atoms with Crippen LogP contribution in [0.4, 0.5) is 40.7 Å². The standard InChI is InChI=1S/C38H51F3N8O4/c1-5-6-14-45-27-17-25(38(4,40)41)18-30(22-27)52-28-11-9-10-26(21-28)47-36(51)49-32-20-24(37(2,3)39)19-31(34(32)53-29-13-16-44-23-29)48-33(50)12-7-8-15-46-35(42)43/h9-11,17-22,29,44-45H,5-8,12-16,23H2,1-4H3,(H,48,50)(H4,42,43,46)(H2,47,49,51). The van der Waals surface area contributed by atoms with Crippen LogP contribution in [-0.2, 0) is 16.4 Å². The van der Waals surface area contributed by atoms with E-state index in [-0.39, 0.29) is 58.4 Å². The van der Waals surface area contributed by atoms with E-state index in [2.05, 4.69) is 31.6 Å². The average Bonchev–Trinajstić information content (AvgIpc) is 3.58. The van der Waals surface area contributed by atoms with E-state index >= 15 is 4.39 Å². The average molecular weight is 741 g/mol. The lowest BCUT2D eigenvalue weighted by Gasteiger charge is -2.24. The Labute approximate surface area is 308 Å². The van der Waals surface area contributed by atoms with E-state index in [9.17, 15) is 18.4 Å². The summed E-state index contributed by atoms with van der Waals surface area (Å²) >= 11 is 0. The Kier molecular flexibility index (Phi) is 14.2. The zero-order valence-corrected chi connectivity index (χ0v) is 30.7. The van der Waals surface area contributed by atoms with Crippen molar-refractivity contribution in [1.29, 1.82) is 0 Å². The minimum absolute atomic E-state index is 0.0230. The smallest absolute Gasteiger partial charge is 0.323 e. The van der Waals surface area contributed by atoms with Gasteiger partial charge in [0.2, 0.25) is 5.91 Å². The van der Waals surface area contributed by atoms with E-state index in [1.165, 1.54) is 38.1 Å². The van der Waals surface area contributed by atoms with Crippen LogP contribution in [0.25, 0.3) is 0 Å². The second-order valence-electron chi connectivity index (χ2n) is 13.5. The van der Waals surface area contributed by atoms with Crippen molar-refractivity contribution in [1.82, 2.24) is 5.32 Å². The molecule has 0 aromatic heterocycles. The first-order chi connectivity index (χ1) is 25.1. The number of ether oxygens (including phenoxy) is 2. The Bertz CT molecular complexity index is 1730. The first-order valence-corrected chi connectivity index (χ1v) is 17.8. The number of rotatable bonds is 18. The van der Waals surface area contributed by atoms with Gasteiger partial charge in [-0.1, -0.05) is 19.4 Å². The van der Waals surface area contributed by atoms with Gasteiger partial charge in [-0.2, -0.15) is 0 Å². The fraction of sp³-hybridized carbons (Fsp3) is 0.447. The summed E-state index contributed by atoms with van der Waals surface area (Å²) in [5, 5.41) is 14.8. The van der Waals surface area contributed by atoms with Gasteiger partial charge in [-0.25, -0.2) is 18.0 Å². The number of amides is 3. The molecule has 0 spiro atoms. The number of nitrogens with two attached hydrogens (primary N) is 2. The van der Waals surface area contributed by atoms with Crippen LogP contribution in [0.5, 0.6) is 17.2 Å². The van der Waals surface area contributed by atoms with Gasteiger partial charge in [0.05, 0.1) is 11.4 Å². The molecule has 1 fully saturated rings. The van der Waals surface area contributed by atoms with E-state index in [4.69, 9.17) is 20.9 Å². The van der Waals surface area contributed by atoms with E-state index in [0.717, 1.165) is 26.3 Å². The van der Waals surface area contributed by atoms with Crippen LogP contribution in [-0.4, -0.2) is 50.2 Å². The summed E-state index contributed by atoms with van der Waals surface area (Å²) in [6.07, 6.45) is 3.47. The molecule has 1 atom stereocenters. The van der Waals surface area contributed by atoms with Crippen LogP contribution >= 0.6 is 0 Å². The minimum atomic E-state index is -3.09. The zero-order chi connectivity index (χ0) is 38.6. The molecule has 9 N–H and O–H groups in total. The fourth-order valence-electron chi connectivity index (χ4n) is 5.48. The number of nitrogens with zero attached hydrogens (tertiary/aromatic N) is 1. The second-order valence-corrected chi connectivity index (χ2v) is 13.5. The Morgan fingerprint density at radius 3 is 2.30 bits per heavy atom. The van der Waals surface area contributed by atoms with Gasteiger partial charge >= 0.3 is 6.03 Å². The highest BCUT2D eigenvalue weighted by atomic mass is 19.3. The van der Waals surface area contributed by atoms with Crippen molar-refractivity contribution in [2.45, 2.75) is 83.9 Å². The molecule has 1 heterocycles. The molecule has 12 nitrogen and oxygen atoms in total. The maximum atomic E-state index is 15.4. The fourth-order valence-corrected chi connectivity index (χ4v) is 5.48. The van der Waals surface area contributed by atoms with E-state index in [1.807, 2.05) is 6.92 Å². The number of hydrogen-bond acceptors (Lipinski definition) is 7. The Morgan fingerprint density at radius 2 is 1.64 bits per heavy atom. The van der Waals surface area contributed by atoms with Gasteiger partial charge in [0.15, 0.2) is 11.7 Å². The number of halogens is 3. The number of unbranched alkanes of at least 4 members (excludes halogenated alkanes) is 2. The number of aliphatic imine (C=N–C) groups is 1. The predicted octanol–water partition coefficient (Wildman–Crippen LogP) is 7.77. The number of carbonyl (C=O) groups excluding carboxylic acids is 2. The lowest BCUT2D eigenvalue weighted by atomic mass is 9.98. The molecule has 1 aliphatic rings. The number of guanidine groups is 1. The lowest BCUT2D eigenvalue weighted by molar-refractivity contribution is -0.116. The van der Waals surface area contributed by atoms with Crippen molar-refractivity contribution in [3.05, 3.63) is 65.7 Å². The van der Waals surface area contributed by atoms with E-state index in [1.54, 1.807) is 30.3 Å². The molecule has 3 aromatic carbocycles. The summed E-state index contributed by atoms with van der Waals surface area (Å²) in [5.74, 6) is -2.77. The summed E-state index contributed by atoms with van der Waals surface area (Å²) < 4.78 is 56.4. The van der Waals surface area contributed by atoms with Crippen molar-refractivity contribution in [2.24, 2.45) is 16.5 Å². The van der Waals surface area contributed by atoms with Crippen molar-refractivity contribution in [3.63, 3.8) is 0 Å². The van der Waals surface area contributed by atoms with Gasteiger partial charge in [0.25, 0.3) is 5.92 Å². The first-order valence-electron chi connectivity index (χ1n) is 17.8. The third kappa shape index (κ3) is 13.1. The number of benzene rings is 3. The molecule has 15 heteroatoms. The van der Waals surface area contributed by atoms with Crippen molar-refractivity contribution < 1.29 is 32.2 Å². The molecular weight excluding hydrogens is 689 g/mol. The van der Waals surface area contributed by atoms with Crippen LogP contribution < -0.4 is 47.5 Å². The van der Waals surface area contributed by atoms with Crippen LogP contribution in [0.3, 0.4) is 0 Å². The quantitative estimate of drug-likeness (QED) is 0.0393. The summed E-state index contributed by atoms with van der Waals surface area (Å²) in [4.78, 5) is 30.4. The minimum Gasteiger partial charge on any atom is -0.485 e. The van der Waals surface area contributed by atoms with Crippen LogP contribution in [0.15, 0.2) is 59.6 Å². The second kappa shape index (κ2) is 18.5. The molecule has 1 unspecified atom stereocenters. The summed E-state index contributed by atoms with van der Waals surface area (Å²) in [5.41, 5.74) is 10.1. The van der Waals surface area contributed by atoms with Gasteiger partial charge in [-0.15, -0.1) is 0 Å². The highest BCUT2D eigenvalue weighted by Gasteiger charge is 2.28. The largest absolute Gasteiger partial charge is 0.485 e. The van der Waals surface area contributed by atoms with E-state index < -0.39 is 17.6 Å². The Balaban J connectivity index is 1.56. The summed E-state index contributed by atoms with van der Waals surface area (Å²) in [6, 6.07) is 13.1. The van der Waals surface area contributed by atoms with Gasteiger partial charge in [-0.05, 0) is 88.0 Å². The molecule has 3 aromatic rings. The van der Waals surface area contributed by atoms with Crippen molar-refractivity contribution in [2.75, 3.05) is 47.4 Å². The van der Waals surface area contributed by atoms with Crippen molar-refractivity contribution in [3.8, 4) is 17.2 Å². The molecule has 288 valence electrons. The molecule has 0 saturated carbocycles. The molecular formula is C38H51F3N8O4. The molecule has 4 rings (SSSR count). The highest BCUT2D eigenvalue weighted by molar-refractivity contribution is 6.03. The predicted molar refractivity (Wildman–Crippen MR) is 204 cm³/mol. The molecule has 0 aliphatic carbocycles. The number of hydrogen-bond donors (Lipinski definition) is 7. The Morgan fingerprint density at radius 1 is 0.906 bits per heavy atom. The number of urea groups is 1. The Hall–Kier alpha value is -5.18. The van der Waals surface area contributed by atoms with Crippen molar-refractivity contribution >= 4 is 40.6 Å². The van der Waals surface area contributed by atoms with Gasteiger partial charge in [-0.3, -0.25) is 9.79 Å². The monoisotopic (exact) mass is 740 g/mol. The SMILES string of the molecule is CCCCNc1cc(Oc2cccc(NC(=O)Nc3cc(C(C)(C)F)cc(NC(=O)CCCCN=C(N)N)c3OC3CCNC3)c2)cc(C(C)(F)F)c1. The van der Waals surface area contributed by atoms with Crippen LogP contribution in [0.1, 0.15) is 77.3 Å². The maximum absolute atomic E-state index is 15.4. The molecule has 1 saturated heterocycles. The zero-order valence-electron chi connectivity index (χ0n) is 30.7. The van der Waals surface area contributed by atoms with Gasteiger partial charge in [0.1, 0.15) is 23.3 Å². The lowest BCUT2D eigenvalue weighted by Crippen LogP contribution is -2.25. The summed E-state index contributed by atoms with van der Waals surface area (Å²) in [7, 11) is 0. The first kappa shape index (κ1) is 40.6. The number of alkyl halides is 3. The molecule has 0 bridgehead atoms. The van der Waals surface area contributed by atoms with Gasteiger partial charge < -0.3 is 47.5 Å². The maximum Gasteiger partial charge on any atom is 0.323 e. The number of nitrogens with one attached hydrogen (secondary N) is 5. The number of anilines is 4. The highest BCUT2D eigenvalue weighted by Crippen LogP contribution is 2.41. The third-order valence-electron chi connectivity index (χ3n) is 8.30. The van der Waals surface area contributed by atoms with Gasteiger partial charge in [0, 0.05) is 62.0 Å². The molecule has 0 radical (unpaired) electrons. The number of carbonyl (C=O) groups is 2.